The lowest BCUT2D eigenvalue weighted by Gasteiger charge is -2.17. The van der Waals surface area contributed by atoms with Crippen molar-refractivity contribution in [3.63, 3.8) is 0 Å². The van der Waals surface area contributed by atoms with E-state index in [9.17, 15) is 9.59 Å². The second-order valence-electron chi connectivity index (χ2n) is 4.57. The van der Waals surface area contributed by atoms with Gasteiger partial charge in [-0.05, 0) is 19.1 Å². The molecule has 0 saturated heterocycles. The summed E-state index contributed by atoms with van der Waals surface area (Å²) in [7, 11) is 2.87. The molecule has 0 unspecified atom stereocenters. The minimum Gasteiger partial charge on any atom is -0.468 e. The minimum absolute atomic E-state index is 0.0783. The Hall–Kier alpha value is -2.43. The number of methoxy groups -OCH3 is 1. The van der Waals surface area contributed by atoms with Gasteiger partial charge in [0, 0.05) is 18.1 Å². The van der Waals surface area contributed by atoms with E-state index in [2.05, 4.69) is 9.72 Å². The van der Waals surface area contributed by atoms with Gasteiger partial charge in [0.05, 0.1) is 18.2 Å². The van der Waals surface area contributed by atoms with E-state index in [1.807, 2.05) is 31.2 Å². The summed E-state index contributed by atoms with van der Waals surface area (Å²) in [5.41, 5.74) is 2.07. The molecule has 0 aliphatic carbocycles. The molecular formula is C15H16N2O3. The Balaban J connectivity index is 2.41. The zero-order valence-electron chi connectivity index (χ0n) is 11.7. The zero-order chi connectivity index (χ0) is 14.7. The molecule has 0 saturated carbocycles. The summed E-state index contributed by atoms with van der Waals surface area (Å²) in [5.74, 6) is -0.673. The highest BCUT2D eigenvalue weighted by Gasteiger charge is 2.18. The van der Waals surface area contributed by atoms with Crippen molar-refractivity contribution >= 4 is 22.8 Å². The summed E-state index contributed by atoms with van der Waals surface area (Å²) in [6.07, 6.45) is 0. The van der Waals surface area contributed by atoms with Gasteiger partial charge in [0.15, 0.2) is 0 Å². The monoisotopic (exact) mass is 272 g/mol. The molecule has 0 fully saturated rings. The van der Waals surface area contributed by atoms with Crippen LogP contribution in [0.25, 0.3) is 10.9 Å². The SMILES string of the molecule is COC(=O)CN(C)C(=O)c1cc(C)nc2ccccc12. The van der Waals surface area contributed by atoms with Crippen LogP contribution in [0, 0.1) is 6.92 Å². The van der Waals surface area contributed by atoms with Crippen molar-refractivity contribution in [1.82, 2.24) is 9.88 Å². The third-order valence-corrected chi connectivity index (χ3v) is 3.02. The zero-order valence-corrected chi connectivity index (χ0v) is 11.7. The van der Waals surface area contributed by atoms with Crippen LogP contribution in [0.4, 0.5) is 0 Å². The van der Waals surface area contributed by atoms with E-state index in [4.69, 9.17) is 0 Å². The lowest BCUT2D eigenvalue weighted by molar-refractivity contribution is -0.141. The number of fused-ring (bicyclic) bond motifs is 1. The average molecular weight is 272 g/mol. The molecule has 5 heteroatoms. The summed E-state index contributed by atoms with van der Waals surface area (Å²) in [4.78, 5) is 29.4. The van der Waals surface area contributed by atoms with Crippen LogP contribution in [-0.4, -0.2) is 42.5 Å². The second kappa shape index (κ2) is 5.69. The van der Waals surface area contributed by atoms with Crippen LogP contribution < -0.4 is 0 Å². The third kappa shape index (κ3) is 2.77. The normalized spacial score (nSPS) is 10.3. The maximum absolute atomic E-state index is 12.5. The van der Waals surface area contributed by atoms with Crippen molar-refractivity contribution in [2.75, 3.05) is 20.7 Å². The number of pyridine rings is 1. The number of rotatable bonds is 3. The van der Waals surface area contributed by atoms with Gasteiger partial charge in [-0.15, -0.1) is 0 Å². The van der Waals surface area contributed by atoms with Crippen LogP contribution in [0.15, 0.2) is 30.3 Å². The highest BCUT2D eigenvalue weighted by molar-refractivity contribution is 6.06. The van der Waals surface area contributed by atoms with Crippen molar-refractivity contribution in [2.45, 2.75) is 6.92 Å². The Bertz CT molecular complexity index is 667. The van der Waals surface area contributed by atoms with Gasteiger partial charge in [-0.1, -0.05) is 18.2 Å². The molecule has 1 aromatic carbocycles. The van der Waals surface area contributed by atoms with Crippen LogP contribution in [-0.2, 0) is 9.53 Å². The van der Waals surface area contributed by atoms with Crippen LogP contribution in [0.2, 0.25) is 0 Å². The summed E-state index contributed by atoms with van der Waals surface area (Å²) in [5, 5.41) is 0.778. The van der Waals surface area contributed by atoms with Gasteiger partial charge < -0.3 is 9.64 Å². The molecule has 0 aliphatic heterocycles. The highest BCUT2D eigenvalue weighted by Crippen LogP contribution is 2.19. The predicted molar refractivity (Wildman–Crippen MR) is 75.5 cm³/mol. The average Bonchev–Trinajstić information content (AvgIpc) is 2.45. The number of likely N-dealkylation sites (N-methyl/N-ethyl adjacent to an activating group) is 1. The van der Waals surface area contributed by atoms with E-state index in [0.717, 1.165) is 16.6 Å². The predicted octanol–water partition coefficient (Wildman–Crippen LogP) is 1.79. The number of esters is 1. The number of carbonyl (C=O) groups is 2. The Morgan fingerprint density at radius 1 is 1.30 bits per heavy atom. The fraction of sp³-hybridized carbons (Fsp3) is 0.267. The summed E-state index contributed by atoms with van der Waals surface area (Å²) < 4.78 is 4.57. The molecule has 2 aromatic rings. The van der Waals surface area contributed by atoms with Crippen molar-refractivity contribution in [1.29, 1.82) is 0 Å². The van der Waals surface area contributed by atoms with Gasteiger partial charge in [-0.2, -0.15) is 0 Å². The molecule has 0 N–H and O–H groups in total. The number of ether oxygens (including phenoxy) is 1. The summed E-state index contributed by atoms with van der Waals surface area (Å²) in [6, 6.07) is 9.18. The molecule has 0 spiro atoms. The molecule has 1 amide bonds. The van der Waals surface area contributed by atoms with Crippen molar-refractivity contribution in [2.24, 2.45) is 0 Å². The van der Waals surface area contributed by atoms with Crippen molar-refractivity contribution < 1.29 is 14.3 Å². The Morgan fingerprint density at radius 2 is 2.00 bits per heavy atom. The van der Waals surface area contributed by atoms with Crippen molar-refractivity contribution in [3.8, 4) is 0 Å². The highest BCUT2D eigenvalue weighted by atomic mass is 16.5. The first kappa shape index (κ1) is 14.0. The van der Waals surface area contributed by atoms with E-state index < -0.39 is 5.97 Å². The number of carbonyl (C=O) groups excluding carboxylic acids is 2. The fourth-order valence-corrected chi connectivity index (χ4v) is 2.02. The molecule has 0 radical (unpaired) electrons. The first-order chi connectivity index (χ1) is 9.52. The van der Waals surface area contributed by atoms with Crippen LogP contribution in [0.1, 0.15) is 16.1 Å². The first-order valence-electron chi connectivity index (χ1n) is 6.21. The smallest absolute Gasteiger partial charge is 0.325 e. The lowest BCUT2D eigenvalue weighted by Crippen LogP contribution is -2.32. The molecular weight excluding hydrogens is 256 g/mol. The van der Waals surface area contributed by atoms with Crippen molar-refractivity contribution in [3.05, 3.63) is 41.6 Å². The molecule has 2 rings (SSSR count). The van der Waals surface area contributed by atoms with Gasteiger partial charge >= 0.3 is 5.97 Å². The van der Waals surface area contributed by atoms with E-state index >= 15 is 0 Å². The fourth-order valence-electron chi connectivity index (χ4n) is 2.02. The Kier molecular flexibility index (Phi) is 3.98. The Morgan fingerprint density at radius 3 is 2.70 bits per heavy atom. The largest absolute Gasteiger partial charge is 0.468 e. The molecule has 1 heterocycles. The molecule has 0 aliphatic rings. The summed E-state index contributed by atoms with van der Waals surface area (Å²) >= 11 is 0. The van der Waals surface area contributed by atoms with Gasteiger partial charge in [-0.3, -0.25) is 14.6 Å². The standard InChI is InChI=1S/C15H16N2O3/c1-10-8-12(11-6-4-5-7-13(11)16-10)15(19)17(2)9-14(18)20-3/h4-8H,9H2,1-3H3. The van der Waals surface area contributed by atoms with Gasteiger partial charge in [0.2, 0.25) is 0 Å². The van der Waals surface area contributed by atoms with Crippen LogP contribution in [0.5, 0.6) is 0 Å². The molecule has 0 atom stereocenters. The van der Waals surface area contributed by atoms with Gasteiger partial charge in [0.25, 0.3) is 5.91 Å². The Labute approximate surface area is 117 Å². The quantitative estimate of drug-likeness (QED) is 0.799. The number of amides is 1. The maximum atomic E-state index is 12.5. The molecule has 20 heavy (non-hydrogen) atoms. The second-order valence-corrected chi connectivity index (χ2v) is 4.57. The van der Waals surface area contributed by atoms with Crippen LogP contribution in [0.3, 0.4) is 0 Å². The van der Waals surface area contributed by atoms with E-state index in [1.165, 1.54) is 12.0 Å². The minimum atomic E-state index is -0.448. The van der Waals surface area contributed by atoms with E-state index in [0.29, 0.717) is 5.56 Å². The van der Waals surface area contributed by atoms with E-state index in [1.54, 1.807) is 13.1 Å². The number of aryl methyl sites for hydroxylation is 1. The summed E-state index contributed by atoms with van der Waals surface area (Å²) in [6.45, 7) is 1.76. The third-order valence-electron chi connectivity index (χ3n) is 3.02. The van der Waals surface area contributed by atoms with Crippen LogP contribution >= 0.6 is 0 Å². The number of para-hydroxylation sites is 1. The molecule has 104 valence electrons. The number of benzene rings is 1. The number of nitrogens with zero attached hydrogens (tertiary/aromatic N) is 2. The first-order valence-corrected chi connectivity index (χ1v) is 6.21. The number of hydrogen-bond acceptors (Lipinski definition) is 4. The molecule has 5 nitrogen and oxygen atoms in total. The lowest BCUT2D eigenvalue weighted by atomic mass is 10.1. The van der Waals surface area contributed by atoms with E-state index in [-0.39, 0.29) is 12.5 Å². The molecule has 1 aromatic heterocycles. The number of aromatic nitrogens is 1. The number of hydrogen-bond donors (Lipinski definition) is 0. The van der Waals surface area contributed by atoms with Gasteiger partial charge in [-0.25, -0.2) is 0 Å². The maximum Gasteiger partial charge on any atom is 0.325 e. The molecule has 0 bridgehead atoms. The van der Waals surface area contributed by atoms with Gasteiger partial charge in [0.1, 0.15) is 6.54 Å². The topological polar surface area (TPSA) is 59.5 Å².